The van der Waals surface area contributed by atoms with Gasteiger partial charge in [-0.1, -0.05) is 23.5 Å². The first kappa shape index (κ1) is 12.2. The zero-order valence-electron chi connectivity index (χ0n) is 9.18. The molecule has 0 amide bonds. The average molecular weight is 270 g/mol. The van der Waals surface area contributed by atoms with Crippen molar-refractivity contribution < 1.29 is 19.7 Å². The lowest BCUT2D eigenvalue weighted by Gasteiger charge is -2.01. The highest BCUT2D eigenvalue weighted by Crippen LogP contribution is 2.58. The zero-order valence-corrected chi connectivity index (χ0v) is 10.8. The minimum absolute atomic E-state index is 0.1000. The van der Waals surface area contributed by atoms with Gasteiger partial charge in [0, 0.05) is 0 Å². The summed E-state index contributed by atoms with van der Waals surface area (Å²) in [5.41, 5.74) is 0.470. The van der Waals surface area contributed by atoms with E-state index in [0.717, 1.165) is 0 Å². The van der Waals surface area contributed by atoms with Crippen molar-refractivity contribution in [1.82, 2.24) is 0 Å². The van der Waals surface area contributed by atoms with Crippen molar-refractivity contribution in [3.8, 4) is 11.5 Å². The van der Waals surface area contributed by atoms with Crippen LogP contribution in [0, 0.1) is 0 Å². The lowest BCUT2D eigenvalue weighted by molar-refractivity contribution is -0.136. The molecule has 0 atom stereocenters. The Labute approximate surface area is 107 Å². The molecule has 17 heavy (non-hydrogen) atoms. The smallest absolute Gasteiger partial charge is 0.335 e. The summed E-state index contributed by atoms with van der Waals surface area (Å²) in [5.74, 6) is -0.210. The molecule has 0 aliphatic carbocycles. The Kier molecular flexibility index (Phi) is 3.26. The van der Waals surface area contributed by atoms with Gasteiger partial charge in [0.1, 0.15) is 11.5 Å². The van der Waals surface area contributed by atoms with Gasteiger partial charge in [0.15, 0.2) is 0 Å². The van der Waals surface area contributed by atoms with E-state index in [1.165, 1.54) is 42.8 Å². The van der Waals surface area contributed by atoms with Crippen molar-refractivity contribution >= 4 is 29.5 Å². The van der Waals surface area contributed by atoms with Crippen LogP contribution in [-0.2, 0) is 9.53 Å². The van der Waals surface area contributed by atoms with Gasteiger partial charge in [0.25, 0.3) is 0 Å². The second kappa shape index (κ2) is 4.54. The van der Waals surface area contributed by atoms with Crippen LogP contribution in [0.25, 0.3) is 0 Å². The predicted molar refractivity (Wildman–Crippen MR) is 66.2 cm³/mol. The second-order valence-electron chi connectivity index (χ2n) is 3.37. The van der Waals surface area contributed by atoms with Crippen LogP contribution in [0.5, 0.6) is 11.5 Å². The number of hydrogen-bond acceptors (Lipinski definition) is 6. The molecule has 1 aromatic carbocycles. The molecule has 0 saturated heterocycles. The number of esters is 1. The summed E-state index contributed by atoms with van der Waals surface area (Å²) in [5, 5.41) is 19.3. The lowest BCUT2D eigenvalue weighted by Crippen LogP contribution is -2.02. The van der Waals surface area contributed by atoms with Gasteiger partial charge >= 0.3 is 5.97 Å². The minimum atomic E-state index is -0.410. The summed E-state index contributed by atoms with van der Waals surface area (Å²) in [6.07, 6.45) is 0. The summed E-state index contributed by atoms with van der Waals surface area (Å²) < 4.78 is 5.35. The molecule has 1 aliphatic rings. The first-order valence-electron chi connectivity index (χ1n) is 4.74. The molecule has 0 fully saturated rings. The highest BCUT2D eigenvalue weighted by atomic mass is 32.2. The number of hydrogen-bond donors (Lipinski definition) is 2. The lowest BCUT2D eigenvalue weighted by atomic mass is 10.3. The van der Waals surface area contributed by atoms with Crippen LogP contribution in [0.1, 0.15) is 6.92 Å². The fraction of sp³-hybridized carbons (Fsp3) is 0.182. The number of fused-ring (bicyclic) bond motifs is 1. The third-order valence-corrected chi connectivity index (χ3v) is 5.11. The molecule has 1 aliphatic heterocycles. The molecule has 1 aromatic rings. The van der Waals surface area contributed by atoms with Gasteiger partial charge in [-0.3, -0.25) is 0 Å². The van der Waals surface area contributed by atoms with E-state index in [-0.39, 0.29) is 11.5 Å². The first-order valence-corrected chi connectivity index (χ1v) is 6.37. The SMILES string of the molecule is COC(=O)C(C)=C1Sc2c(O)ccc(O)c2S1. The van der Waals surface area contributed by atoms with E-state index in [4.69, 9.17) is 0 Å². The molecular formula is C11H10O4S2. The number of aromatic hydroxyl groups is 2. The maximum absolute atomic E-state index is 11.4. The standard InChI is InChI=1S/C11H10O4S2/c1-5(10(14)15-2)11-16-8-6(12)3-4-7(13)9(8)17-11/h3-4,12-13H,1-2H3. The Morgan fingerprint density at radius 3 is 2.06 bits per heavy atom. The number of phenolic OH excluding ortho intramolecular Hbond substituents is 2. The third-order valence-electron chi connectivity index (χ3n) is 2.26. The van der Waals surface area contributed by atoms with Crippen LogP contribution in [0.3, 0.4) is 0 Å². The molecule has 0 bridgehead atoms. The molecule has 0 unspecified atom stereocenters. The molecule has 0 saturated carbocycles. The quantitative estimate of drug-likeness (QED) is 0.464. The fourth-order valence-corrected chi connectivity index (χ4v) is 3.83. The van der Waals surface area contributed by atoms with E-state index in [1.54, 1.807) is 6.92 Å². The van der Waals surface area contributed by atoms with Gasteiger partial charge in [-0.2, -0.15) is 0 Å². The molecule has 0 radical (unpaired) electrons. The van der Waals surface area contributed by atoms with Crippen LogP contribution in [-0.4, -0.2) is 23.3 Å². The molecule has 2 rings (SSSR count). The maximum Gasteiger partial charge on any atom is 0.335 e. The van der Waals surface area contributed by atoms with Crippen molar-refractivity contribution in [2.24, 2.45) is 0 Å². The molecule has 90 valence electrons. The van der Waals surface area contributed by atoms with Crippen LogP contribution in [0.4, 0.5) is 0 Å². The fourth-order valence-electron chi connectivity index (χ4n) is 1.33. The van der Waals surface area contributed by atoms with Crippen molar-refractivity contribution in [2.75, 3.05) is 7.11 Å². The van der Waals surface area contributed by atoms with Gasteiger partial charge in [0.05, 0.1) is 26.7 Å². The first-order chi connectivity index (χ1) is 8.04. The Bertz CT molecular complexity index is 489. The van der Waals surface area contributed by atoms with Crippen LogP contribution in [0.2, 0.25) is 0 Å². The van der Waals surface area contributed by atoms with E-state index >= 15 is 0 Å². The Morgan fingerprint density at radius 2 is 1.65 bits per heavy atom. The summed E-state index contributed by atoms with van der Waals surface area (Å²) in [7, 11) is 1.32. The van der Waals surface area contributed by atoms with Crippen molar-refractivity contribution in [2.45, 2.75) is 16.7 Å². The molecule has 0 aromatic heterocycles. The summed E-state index contributed by atoms with van der Waals surface area (Å²) in [6, 6.07) is 2.86. The molecule has 0 spiro atoms. The monoisotopic (exact) mass is 270 g/mol. The van der Waals surface area contributed by atoms with Crippen LogP contribution < -0.4 is 0 Å². The molecule has 4 nitrogen and oxygen atoms in total. The number of methoxy groups -OCH3 is 1. The number of carbonyl (C=O) groups is 1. The Morgan fingerprint density at radius 1 is 1.18 bits per heavy atom. The van der Waals surface area contributed by atoms with Crippen molar-refractivity contribution in [3.63, 3.8) is 0 Å². The van der Waals surface area contributed by atoms with Crippen molar-refractivity contribution in [1.29, 1.82) is 0 Å². The van der Waals surface area contributed by atoms with Crippen LogP contribution >= 0.6 is 23.5 Å². The summed E-state index contributed by atoms with van der Waals surface area (Å²) in [6.45, 7) is 1.65. The number of rotatable bonds is 1. The van der Waals surface area contributed by atoms with E-state index in [0.29, 0.717) is 19.6 Å². The van der Waals surface area contributed by atoms with E-state index in [9.17, 15) is 15.0 Å². The molecule has 2 N–H and O–H groups in total. The topological polar surface area (TPSA) is 66.8 Å². The average Bonchev–Trinajstić information content (AvgIpc) is 2.78. The van der Waals surface area contributed by atoms with Gasteiger partial charge in [0.2, 0.25) is 0 Å². The van der Waals surface area contributed by atoms with Gasteiger partial charge in [-0.05, 0) is 19.1 Å². The van der Waals surface area contributed by atoms with E-state index in [1.807, 2.05) is 0 Å². The third kappa shape index (κ3) is 2.10. The summed E-state index contributed by atoms with van der Waals surface area (Å²) in [4.78, 5) is 12.5. The van der Waals surface area contributed by atoms with Crippen LogP contribution in [0.15, 0.2) is 31.7 Å². The Balaban J connectivity index is 2.43. The molecular weight excluding hydrogens is 260 g/mol. The van der Waals surface area contributed by atoms with Gasteiger partial charge < -0.3 is 14.9 Å². The summed E-state index contributed by atoms with van der Waals surface area (Å²) >= 11 is 2.52. The second-order valence-corrected chi connectivity index (χ2v) is 5.67. The highest BCUT2D eigenvalue weighted by molar-refractivity contribution is 8.24. The number of thioether (sulfide) groups is 2. The zero-order chi connectivity index (χ0) is 12.6. The Hall–Kier alpha value is -1.27. The minimum Gasteiger partial charge on any atom is -0.507 e. The predicted octanol–water partition coefficient (Wildman–Crippen LogP) is 2.70. The number of ether oxygens (including phenoxy) is 1. The van der Waals surface area contributed by atoms with E-state index in [2.05, 4.69) is 4.74 Å². The normalized spacial score (nSPS) is 13.4. The number of phenols is 2. The van der Waals surface area contributed by atoms with Crippen molar-refractivity contribution in [3.05, 3.63) is 21.9 Å². The number of carbonyl (C=O) groups excluding carboxylic acids is 1. The van der Waals surface area contributed by atoms with Gasteiger partial charge in [-0.15, -0.1) is 0 Å². The maximum atomic E-state index is 11.4. The van der Waals surface area contributed by atoms with Gasteiger partial charge in [-0.25, -0.2) is 4.79 Å². The van der Waals surface area contributed by atoms with E-state index < -0.39 is 5.97 Å². The molecule has 6 heteroatoms. The number of benzene rings is 1. The largest absolute Gasteiger partial charge is 0.507 e. The molecule has 1 heterocycles. The highest BCUT2D eigenvalue weighted by Gasteiger charge is 2.27.